The van der Waals surface area contributed by atoms with Crippen LogP contribution < -0.4 is 0 Å². The van der Waals surface area contributed by atoms with Crippen molar-refractivity contribution in [2.24, 2.45) is 7.05 Å². The summed E-state index contributed by atoms with van der Waals surface area (Å²) >= 11 is 0. The first-order valence-corrected chi connectivity index (χ1v) is 5.98. The lowest BCUT2D eigenvalue weighted by atomic mass is 9.96. The summed E-state index contributed by atoms with van der Waals surface area (Å²) < 4.78 is 2.04. The van der Waals surface area contributed by atoms with Crippen LogP contribution in [-0.4, -0.2) is 15.6 Å². The highest BCUT2D eigenvalue weighted by molar-refractivity contribution is 5.92. The Labute approximate surface area is 99.7 Å². The molecule has 1 atom stereocenters. The largest absolute Gasteiger partial charge is 0.481 e. The predicted octanol–water partition coefficient (Wildman–Crippen LogP) is 2.68. The van der Waals surface area contributed by atoms with Gasteiger partial charge in [0.15, 0.2) is 0 Å². The van der Waals surface area contributed by atoms with Gasteiger partial charge in [0.05, 0.1) is 5.92 Å². The van der Waals surface area contributed by atoms with Gasteiger partial charge < -0.3 is 9.67 Å². The first-order valence-electron chi connectivity index (χ1n) is 5.98. The van der Waals surface area contributed by atoms with Crippen LogP contribution in [0.3, 0.4) is 0 Å². The van der Waals surface area contributed by atoms with Crippen molar-refractivity contribution >= 4 is 16.9 Å². The Kier molecular flexibility index (Phi) is 2.21. The van der Waals surface area contributed by atoms with E-state index in [4.69, 9.17) is 0 Å². The first-order chi connectivity index (χ1) is 8.18. The van der Waals surface area contributed by atoms with Crippen molar-refractivity contribution in [1.29, 1.82) is 0 Å². The van der Waals surface area contributed by atoms with E-state index in [-0.39, 0.29) is 5.92 Å². The summed E-state index contributed by atoms with van der Waals surface area (Å²) in [4.78, 5) is 11.4. The second kappa shape index (κ2) is 3.62. The van der Waals surface area contributed by atoms with Crippen molar-refractivity contribution < 1.29 is 9.90 Å². The van der Waals surface area contributed by atoms with Crippen LogP contribution >= 0.6 is 0 Å². The third kappa shape index (κ3) is 1.46. The molecule has 1 aliphatic carbocycles. The standard InChI is InChI=1S/C14H15NO2/c1-15-8-11-10(14(16)17)6-2-4-9-5-3-7-12(15)13(9)11/h3,5,7-8,10H,2,4,6H2,1H3,(H,16,17). The maximum absolute atomic E-state index is 11.4. The molecule has 1 heterocycles. The van der Waals surface area contributed by atoms with E-state index in [0.29, 0.717) is 0 Å². The van der Waals surface area contributed by atoms with E-state index < -0.39 is 5.97 Å². The van der Waals surface area contributed by atoms with Gasteiger partial charge in [-0.2, -0.15) is 0 Å². The number of hydrogen-bond acceptors (Lipinski definition) is 1. The van der Waals surface area contributed by atoms with Crippen LogP contribution in [0.2, 0.25) is 0 Å². The molecule has 3 heteroatoms. The summed E-state index contributed by atoms with van der Waals surface area (Å²) in [6.45, 7) is 0. The topological polar surface area (TPSA) is 42.2 Å². The molecule has 88 valence electrons. The van der Waals surface area contributed by atoms with Gasteiger partial charge in [0.25, 0.3) is 0 Å². The van der Waals surface area contributed by atoms with E-state index in [0.717, 1.165) is 30.3 Å². The SMILES string of the molecule is Cn1cc2c3c(cccc31)CCCC2C(=O)O. The van der Waals surface area contributed by atoms with Crippen molar-refractivity contribution in [2.75, 3.05) is 0 Å². The highest BCUT2D eigenvalue weighted by Gasteiger charge is 2.27. The van der Waals surface area contributed by atoms with Crippen molar-refractivity contribution in [3.63, 3.8) is 0 Å². The minimum atomic E-state index is -0.700. The second-order valence-corrected chi connectivity index (χ2v) is 4.79. The van der Waals surface area contributed by atoms with Gasteiger partial charge in [-0.05, 0) is 36.5 Å². The fourth-order valence-corrected chi connectivity index (χ4v) is 2.94. The summed E-state index contributed by atoms with van der Waals surface area (Å²) in [5.41, 5.74) is 3.43. The smallest absolute Gasteiger partial charge is 0.311 e. The van der Waals surface area contributed by atoms with Crippen LogP contribution in [0.1, 0.15) is 29.9 Å². The lowest BCUT2D eigenvalue weighted by Gasteiger charge is -2.07. The zero-order valence-corrected chi connectivity index (χ0v) is 9.81. The van der Waals surface area contributed by atoms with Crippen LogP contribution in [0.25, 0.3) is 10.9 Å². The molecule has 1 aliphatic rings. The molecule has 1 unspecified atom stereocenters. The van der Waals surface area contributed by atoms with E-state index in [9.17, 15) is 9.90 Å². The minimum absolute atomic E-state index is 0.345. The molecular weight excluding hydrogens is 214 g/mol. The number of hydrogen-bond donors (Lipinski definition) is 1. The Hall–Kier alpha value is -1.77. The summed E-state index contributed by atoms with van der Waals surface area (Å²) in [5, 5.41) is 10.5. The van der Waals surface area contributed by atoms with Crippen molar-refractivity contribution in [3.8, 4) is 0 Å². The second-order valence-electron chi connectivity index (χ2n) is 4.79. The van der Waals surface area contributed by atoms with E-state index in [2.05, 4.69) is 18.2 Å². The summed E-state index contributed by atoms with van der Waals surface area (Å²) in [6.07, 6.45) is 4.66. The lowest BCUT2D eigenvalue weighted by molar-refractivity contribution is -0.138. The minimum Gasteiger partial charge on any atom is -0.481 e. The fraction of sp³-hybridized carbons (Fsp3) is 0.357. The molecular formula is C14H15NO2. The number of aryl methyl sites for hydroxylation is 2. The Morgan fingerprint density at radius 2 is 2.29 bits per heavy atom. The maximum Gasteiger partial charge on any atom is 0.311 e. The molecule has 0 radical (unpaired) electrons. The molecule has 0 spiro atoms. The molecule has 1 N–H and O–H groups in total. The maximum atomic E-state index is 11.4. The highest BCUT2D eigenvalue weighted by atomic mass is 16.4. The van der Waals surface area contributed by atoms with Crippen molar-refractivity contribution in [2.45, 2.75) is 25.2 Å². The van der Waals surface area contributed by atoms with Gasteiger partial charge in [0.2, 0.25) is 0 Å². The van der Waals surface area contributed by atoms with Gasteiger partial charge in [0, 0.05) is 24.1 Å². The number of benzene rings is 1. The Morgan fingerprint density at radius 1 is 1.47 bits per heavy atom. The average molecular weight is 229 g/mol. The third-order valence-electron chi connectivity index (χ3n) is 3.74. The molecule has 0 saturated carbocycles. The van der Waals surface area contributed by atoms with Gasteiger partial charge >= 0.3 is 5.97 Å². The van der Waals surface area contributed by atoms with E-state index in [1.165, 1.54) is 10.9 Å². The Balaban J connectivity index is 2.35. The summed E-state index contributed by atoms with van der Waals surface area (Å²) in [6, 6.07) is 6.24. The molecule has 2 aromatic rings. The molecule has 0 amide bonds. The number of nitrogens with zero attached hydrogens (tertiary/aromatic N) is 1. The van der Waals surface area contributed by atoms with Gasteiger partial charge in [-0.1, -0.05) is 12.1 Å². The zero-order chi connectivity index (χ0) is 12.0. The van der Waals surface area contributed by atoms with Gasteiger partial charge in [0.1, 0.15) is 0 Å². The zero-order valence-electron chi connectivity index (χ0n) is 9.81. The van der Waals surface area contributed by atoms with Crippen molar-refractivity contribution in [3.05, 3.63) is 35.5 Å². The molecule has 3 nitrogen and oxygen atoms in total. The number of aliphatic carboxylic acids is 1. The first kappa shape index (κ1) is 10.4. The quantitative estimate of drug-likeness (QED) is 0.816. The van der Waals surface area contributed by atoms with Gasteiger partial charge in [-0.3, -0.25) is 4.79 Å². The highest BCUT2D eigenvalue weighted by Crippen LogP contribution is 2.36. The predicted molar refractivity (Wildman–Crippen MR) is 66.2 cm³/mol. The molecule has 1 aromatic carbocycles. The molecule has 1 aromatic heterocycles. The number of carboxylic acids is 1. The number of aromatic nitrogens is 1. The van der Waals surface area contributed by atoms with Crippen LogP contribution in [-0.2, 0) is 18.3 Å². The van der Waals surface area contributed by atoms with E-state index >= 15 is 0 Å². The monoisotopic (exact) mass is 229 g/mol. The fourth-order valence-electron chi connectivity index (χ4n) is 2.94. The summed E-state index contributed by atoms with van der Waals surface area (Å²) in [5.74, 6) is -1.04. The number of rotatable bonds is 1. The Morgan fingerprint density at radius 3 is 3.06 bits per heavy atom. The van der Waals surface area contributed by atoms with Gasteiger partial charge in [-0.15, -0.1) is 0 Å². The molecule has 0 bridgehead atoms. The molecule has 3 rings (SSSR count). The Bertz CT molecular complexity index is 598. The average Bonchev–Trinajstić information content (AvgIpc) is 2.53. The number of carboxylic acid groups (broad SMARTS) is 1. The van der Waals surface area contributed by atoms with Gasteiger partial charge in [-0.25, -0.2) is 0 Å². The number of carbonyl (C=O) groups is 1. The van der Waals surface area contributed by atoms with E-state index in [1.54, 1.807) is 0 Å². The van der Waals surface area contributed by atoms with Crippen LogP contribution in [0.4, 0.5) is 0 Å². The molecule has 0 fully saturated rings. The van der Waals surface area contributed by atoms with Crippen LogP contribution in [0, 0.1) is 0 Å². The van der Waals surface area contributed by atoms with E-state index in [1.807, 2.05) is 17.8 Å². The van der Waals surface area contributed by atoms with Crippen molar-refractivity contribution in [1.82, 2.24) is 4.57 Å². The lowest BCUT2D eigenvalue weighted by Crippen LogP contribution is -2.10. The summed E-state index contributed by atoms with van der Waals surface area (Å²) in [7, 11) is 1.98. The van der Waals surface area contributed by atoms with Crippen LogP contribution in [0.5, 0.6) is 0 Å². The molecule has 17 heavy (non-hydrogen) atoms. The molecule has 0 aliphatic heterocycles. The van der Waals surface area contributed by atoms with Crippen LogP contribution in [0.15, 0.2) is 24.4 Å². The normalized spacial score (nSPS) is 19.2. The third-order valence-corrected chi connectivity index (χ3v) is 3.74. The molecule has 0 saturated heterocycles.